The molecule has 1 saturated heterocycles. The number of β-amino-alcohol motifs (C(OH)–C–C–N with tert-alkyl or cyclic N) is 1. The molecule has 0 aromatic carbocycles. The van der Waals surface area contributed by atoms with Gasteiger partial charge in [0.05, 0.1) is 11.8 Å². The summed E-state index contributed by atoms with van der Waals surface area (Å²) in [6.07, 6.45) is 2.29. The third kappa shape index (κ3) is 3.96. The standard InChI is InChI=1S/C15H27N5O/c1-12-6-15-17-8-13(10-20(15)18-12)7-16-9-14(21)11-19-4-2-3-5-19/h6,13-14,16-17,21H,2-5,7-11H2,1H3/t13-,14+/m1/s1. The van der Waals surface area contributed by atoms with E-state index >= 15 is 0 Å². The summed E-state index contributed by atoms with van der Waals surface area (Å²) in [6, 6.07) is 2.09. The van der Waals surface area contributed by atoms with Crippen LogP contribution in [0.2, 0.25) is 0 Å². The summed E-state index contributed by atoms with van der Waals surface area (Å²) in [7, 11) is 0. The Morgan fingerprint density at radius 2 is 2.29 bits per heavy atom. The molecule has 2 atom stereocenters. The molecule has 1 fully saturated rings. The van der Waals surface area contributed by atoms with Gasteiger partial charge in [-0.1, -0.05) is 0 Å². The monoisotopic (exact) mass is 293 g/mol. The van der Waals surface area contributed by atoms with Gasteiger partial charge in [0, 0.05) is 44.7 Å². The topological polar surface area (TPSA) is 65.3 Å². The van der Waals surface area contributed by atoms with Gasteiger partial charge in [-0.3, -0.25) is 0 Å². The molecule has 3 heterocycles. The molecule has 21 heavy (non-hydrogen) atoms. The average molecular weight is 293 g/mol. The number of aryl methyl sites for hydroxylation is 1. The Hall–Kier alpha value is -1.11. The van der Waals surface area contributed by atoms with Gasteiger partial charge in [0.1, 0.15) is 5.82 Å². The van der Waals surface area contributed by atoms with Gasteiger partial charge in [0.15, 0.2) is 0 Å². The van der Waals surface area contributed by atoms with Crippen LogP contribution in [-0.2, 0) is 6.54 Å². The highest BCUT2D eigenvalue weighted by molar-refractivity contribution is 5.38. The van der Waals surface area contributed by atoms with Gasteiger partial charge in [-0.25, -0.2) is 4.68 Å². The number of rotatable bonds is 6. The molecule has 2 aliphatic rings. The molecule has 0 aliphatic carbocycles. The predicted molar refractivity (Wildman–Crippen MR) is 83.5 cm³/mol. The lowest BCUT2D eigenvalue weighted by molar-refractivity contribution is 0.122. The van der Waals surface area contributed by atoms with Crippen molar-refractivity contribution in [2.24, 2.45) is 5.92 Å². The highest BCUT2D eigenvalue weighted by Crippen LogP contribution is 2.17. The van der Waals surface area contributed by atoms with Crippen LogP contribution in [0.1, 0.15) is 18.5 Å². The van der Waals surface area contributed by atoms with E-state index in [1.54, 1.807) is 0 Å². The Morgan fingerprint density at radius 3 is 3.10 bits per heavy atom. The van der Waals surface area contributed by atoms with Crippen LogP contribution < -0.4 is 10.6 Å². The van der Waals surface area contributed by atoms with Crippen LogP contribution in [0, 0.1) is 12.8 Å². The fraction of sp³-hybridized carbons (Fsp3) is 0.800. The Morgan fingerprint density at radius 1 is 1.48 bits per heavy atom. The number of nitrogens with zero attached hydrogens (tertiary/aromatic N) is 3. The van der Waals surface area contributed by atoms with Crippen LogP contribution in [0.25, 0.3) is 0 Å². The summed E-state index contributed by atoms with van der Waals surface area (Å²) < 4.78 is 2.05. The predicted octanol–water partition coefficient (Wildman–Crippen LogP) is 0.280. The third-order valence-electron chi connectivity index (χ3n) is 4.39. The van der Waals surface area contributed by atoms with Gasteiger partial charge < -0.3 is 20.6 Å². The minimum Gasteiger partial charge on any atom is -0.390 e. The van der Waals surface area contributed by atoms with Crippen molar-refractivity contribution in [3.8, 4) is 0 Å². The smallest absolute Gasteiger partial charge is 0.124 e. The Bertz CT molecular complexity index is 455. The van der Waals surface area contributed by atoms with E-state index in [9.17, 15) is 5.11 Å². The van der Waals surface area contributed by atoms with E-state index in [2.05, 4.69) is 26.7 Å². The molecule has 0 bridgehead atoms. The highest BCUT2D eigenvalue weighted by Gasteiger charge is 2.20. The maximum atomic E-state index is 10.1. The number of aromatic nitrogens is 2. The second kappa shape index (κ2) is 6.77. The Kier molecular flexibility index (Phi) is 4.77. The molecule has 6 heteroatoms. The molecule has 0 unspecified atom stereocenters. The Labute approximate surface area is 126 Å². The summed E-state index contributed by atoms with van der Waals surface area (Å²) in [6.45, 7) is 8.63. The lowest BCUT2D eigenvalue weighted by atomic mass is 10.1. The number of aliphatic hydroxyl groups excluding tert-OH is 1. The lowest BCUT2D eigenvalue weighted by Gasteiger charge is -2.26. The number of aliphatic hydroxyl groups is 1. The number of nitrogens with one attached hydrogen (secondary N) is 2. The molecule has 3 rings (SSSR count). The van der Waals surface area contributed by atoms with Crippen molar-refractivity contribution in [3.05, 3.63) is 11.8 Å². The summed E-state index contributed by atoms with van der Waals surface area (Å²) in [5, 5.41) is 21.4. The van der Waals surface area contributed by atoms with Gasteiger partial charge in [-0.2, -0.15) is 5.10 Å². The molecule has 0 radical (unpaired) electrons. The minimum absolute atomic E-state index is 0.262. The van der Waals surface area contributed by atoms with Crippen LogP contribution in [0.3, 0.4) is 0 Å². The van der Waals surface area contributed by atoms with Crippen molar-refractivity contribution in [1.82, 2.24) is 20.0 Å². The van der Waals surface area contributed by atoms with Gasteiger partial charge in [-0.05, 0) is 32.9 Å². The zero-order valence-electron chi connectivity index (χ0n) is 12.9. The van der Waals surface area contributed by atoms with Crippen LogP contribution in [0.4, 0.5) is 5.82 Å². The van der Waals surface area contributed by atoms with Crippen molar-refractivity contribution in [1.29, 1.82) is 0 Å². The zero-order chi connectivity index (χ0) is 14.7. The molecule has 6 nitrogen and oxygen atoms in total. The molecule has 3 N–H and O–H groups in total. The fourth-order valence-corrected chi connectivity index (χ4v) is 3.30. The first kappa shape index (κ1) is 14.8. The van der Waals surface area contributed by atoms with Crippen molar-refractivity contribution in [2.45, 2.75) is 32.4 Å². The first-order valence-corrected chi connectivity index (χ1v) is 8.10. The van der Waals surface area contributed by atoms with Crippen molar-refractivity contribution < 1.29 is 5.11 Å². The van der Waals surface area contributed by atoms with Crippen molar-refractivity contribution in [3.63, 3.8) is 0 Å². The third-order valence-corrected chi connectivity index (χ3v) is 4.39. The van der Waals surface area contributed by atoms with Crippen molar-refractivity contribution in [2.75, 3.05) is 44.6 Å². The summed E-state index contributed by atoms with van der Waals surface area (Å²) in [5.41, 5.74) is 1.06. The maximum absolute atomic E-state index is 10.1. The number of anilines is 1. The Balaban J connectivity index is 1.36. The number of fused-ring (bicyclic) bond motifs is 1. The van der Waals surface area contributed by atoms with Crippen LogP contribution in [0.5, 0.6) is 0 Å². The molecular formula is C15H27N5O. The highest BCUT2D eigenvalue weighted by atomic mass is 16.3. The second-order valence-electron chi connectivity index (χ2n) is 6.42. The van der Waals surface area contributed by atoms with Crippen molar-refractivity contribution >= 4 is 5.82 Å². The molecule has 118 valence electrons. The largest absolute Gasteiger partial charge is 0.390 e. The SMILES string of the molecule is Cc1cc2n(n1)C[C@H](CNC[C@H](O)CN1CCCC1)CN2. The van der Waals surface area contributed by atoms with Gasteiger partial charge in [-0.15, -0.1) is 0 Å². The number of hydrogen-bond donors (Lipinski definition) is 3. The van der Waals surface area contributed by atoms with E-state index in [0.29, 0.717) is 12.5 Å². The van der Waals surface area contributed by atoms with E-state index in [1.165, 1.54) is 12.8 Å². The quantitative estimate of drug-likeness (QED) is 0.703. The molecule has 0 amide bonds. The summed E-state index contributed by atoms with van der Waals surface area (Å²) in [5.74, 6) is 1.65. The van der Waals surface area contributed by atoms with E-state index < -0.39 is 0 Å². The number of hydrogen-bond acceptors (Lipinski definition) is 5. The molecule has 2 aliphatic heterocycles. The lowest BCUT2D eigenvalue weighted by Crippen LogP contribution is -2.41. The van der Waals surface area contributed by atoms with Crippen LogP contribution in [-0.4, -0.2) is 65.2 Å². The van der Waals surface area contributed by atoms with E-state index in [4.69, 9.17) is 0 Å². The molecular weight excluding hydrogens is 266 g/mol. The van der Waals surface area contributed by atoms with E-state index in [0.717, 1.165) is 50.8 Å². The minimum atomic E-state index is -0.262. The fourth-order valence-electron chi connectivity index (χ4n) is 3.30. The zero-order valence-corrected chi connectivity index (χ0v) is 12.9. The molecule has 1 aromatic heterocycles. The molecule has 1 aromatic rings. The molecule has 0 saturated carbocycles. The summed E-state index contributed by atoms with van der Waals surface area (Å²) in [4.78, 5) is 2.35. The van der Waals surface area contributed by atoms with Crippen LogP contribution in [0.15, 0.2) is 6.07 Å². The van der Waals surface area contributed by atoms with E-state index in [-0.39, 0.29) is 6.10 Å². The van der Waals surface area contributed by atoms with E-state index in [1.807, 2.05) is 11.6 Å². The number of likely N-dealkylation sites (tertiary alicyclic amines) is 1. The summed E-state index contributed by atoms with van der Waals surface area (Å²) >= 11 is 0. The second-order valence-corrected chi connectivity index (χ2v) is 6.42. The first-order chi connectivity index (χ1) is 10.2. The van der Waals surface area contributed by atoms with Crippen LogP contribution >= 0.6 is 0 Å². The normalized spacial score (nSPS) is 23.8. The van der Waals surface area contributed by atoms with Gasteiger partial charge in [0.25, 0.3) is 0 Å². The average Bonchev–Trinajstić information content (AvgIpc) is 3.06. The van der Waals surface area contributed by atoms with Gasteiger partial charge >= 0.3 is 0 Å². The first-order valence-electron chi connectivity index (χ1n) is 8.10. The van der Waals surface area contributed by atoms with Gasteiger partial charge in [0.2, 0.25) is 0 Å². The maximum Gasteiger partial charge on any atom is 0.124 e. The molecule has 0 spiro atoms.